The first-order chi connectivity index (χ1) is 12.0. The van der Waals surface area contributed by atoms with Gasteiger partial charge in [0.25, 0.3) is 0 Å². The van der Waals surface area contributed by atoms with Gasteiger partial charge in [-0.3, -0.25) is 4.79 Å². The number of hydrogen-bond acceptors (Lipinski definition) is 4. The van der Waals surface area contributed by atoms with Crippen molar-refractivity contribution < 1.29 is 18.7 Å². The molecule has 0 aliphatic carbocycles. The molecular weight excluding hydrogens is 325 g/mol. The zero-order chi connectivity index (χ0) is 17.9. The summed E-state index contributed by atoms with van der Waals surface area (Å²) in [5, 5.41) is 0. The minimum absolute atomic E-state index is 0.0295. The summed E-state index contributed by atoms with van der Waals surface area (Å²) in [6.45, 7) is 3.53. The summed E-state index contributed by atoms with van der Waals surface area (Å²) in [4.78, 5) is 18.4. The number of carbonyl (C=O) groups excluding carboxylic acids is 1. The fraction of sp³-hybridized carbons (Fsp3) is 0.444. The van der Waals surface area contributed by atoms with Gasteiger partial charge in [-0.2, -0.15) is 0 Å². The van der Waals surface area contributed by atoms with E-state index in [9.17, 15) is 9.18 Å². The van der Waals surface area contributed by atoms with Gasteiger partial charge >= 0.3 is 0 Å². The molecule has 25 heavy (non-hydrogen) atoms. The van der Waals surface area contributed by atoms with Crippen molar-refractivity contribution in [2.45, 2.75) is 25.5 Å². The average Bonchev–Trinajstić information content (AvgIpc) is 3.22. The Morgan fingerprint density at radius 1 is 1.36 bits per heavy atom. The first-order valence-corrected chi connectivity index (χ1v) is 8.20. The van der Waals surface area contributed by atoms with Gasteiger partial charge in [-0.15, -0.1) is 0 Å². The van der Waals surface area contributed by atoms with Gasteiger partial charge in [0.1, 0.15) is 36.1 Å². The number of rotatable bonds is 6. The number of benzene rings is 1. The van der Waals surface area contributed by atoms with Crippen LogP contribution in [0, 0.1) is 12.7 Å². The number of aromatic nitrogens is 2. The molecule has 6 nitrogen and oxygen atoms in total. The van der Waals surface area contributed by atoms with E-state index >= 15 is 0 Å². The van der Waals surface area contributed by atoms with E-state index in [1.54, 1.807) is 36.5 Å². The molecule has 1 aromatic heterocycles. The molecule has 134 valence electrons. The van der Waals surface area contributed by atoms with Gasteiger partial charge in [-0.25, -0.2) is 9.37 Å². The second-order valence-electron chi connectivity index (χ2n) is 6.30. The number of hydrogen-bond donors (Lipinski definition) is 0. The molecule has 0 radical (unpaired) electrons. The lowest BCUT2D eigenvalue weighted by molar-refractivity contribution is -0.132. The minimum Gasteiger partial charge on any atom is -0.491 e. The number of halogens is 1. The fourth-order valence-corrected chi connectivity index (χ4v) is 2.96. The highest BCUT2D eigenvalue weighted by molar-refractivity contribution is 5.76. The molecule has 1 saturated heterocycles. The van der Waals surface area contributed by atoms with Crippen LogP contribution in [0.3, 0.4) is 0 Å². The Bertz CT molecular complexity index is 731. The summed E-state index contributed by atoms with van der Waals surface area (Å²) < 4.78 is 26.2. The smallest absolute Gasteiger partial charge is 0.242 e. The van der Waals surface area contributed by atoms with Crippen molar-refractivity contribution in [3.8, 4) is 5.75 Å². The van der Waals surface area contributed by atoms with Crippen LogP contribution in [0.25, 0.3) is 0 Å². The van der Waals surface area contributed by atoms with E-state index in [0.29, 0.717) is 31.9 Å². The maximum Gasteiger partial charge on any atom is 0.242 e. The van der Waals surface area contributed by atoms with Gasteiger partial charge in [0.15, 0.2) is 0 Å². The lowest BCUT2D eigenvalue weighted by Gasteiger charge is -2.28. The van der Waals surface area contributed by atoms with Crippen LogP contribution in [0.15, 0.2) is 36.7 Å². The summed E-state index contributed by atoms with van der Waals surface area (Å²) in [6.07, 6.45) is 4.17. The van der Waals surface area contributed by atoms with Crippen LogP contribution in [0.5, 0.6) is 5.75 Å². The largest absolute Gasteiger partial charge is 0.491 e. The maximum absolute atomic E-state index is 13.0. The van der Waals surface area contributed by atoms with Crippen molar-refractivity contribution in [1.82, 2.24) is 14.5 Å². The van der Waals surface area contributed by atoms with E-state index in [0.717, 1.165) is 5.82 Å². The molecule has 1 aliphatic heterocycles. The Morgan fingerprint density at radius 3 is 2.76 bits per heavy atom. The van der Waals surface area contributed by atoms with Crippen LogP contribution in [-0.4, -0.2) is 52.8 Å². The molecule has 7 heteroatoms. The van der Waals surface area contributed by atoms with Crippen molar-refractivity contribution >= 4 is 5.91 Å². The van der Waals surface area contributed by atoms with Crippen LogP contribution in [0.4, 0.5) is 4.39 Å². The van der Waals surface area contributed by atoms with E-state index in [4.69, 9.17) is 9.47 Å². The van der Waals surface area contributed by atoms with Crippen molar-refractivity contribution in [2.24, 2.45) is 0 Å². The van der Waals surface area contributed by atoms with Gasteiger partial charge in [0.05, 0.1) is 6.54 Å². The number of carbonyl (C=O) groups is 1. The van der Waals surface area contributed by atoms with Crippen LogP contribution in [-0.2, 0) is 16.1 Å². The molecule has 0 bridgehead atoms. The molecule has 1 amide bonds. The molecule has 0 spiro atoms. The van der Waals surface area contributed by atoms with Crippen molar-refractivity contribution in [1.29, 1.82) is 0 Å². The third kappa shape index (κ3) is 3.99. The Kier molecular flexibility index (Phi) is 5.03. The predicted octanol–water partition coefficient (Wildman–Crippen LogP) is 2.03. The number of ether oxygens (including phenoxy) is 2. The maximum atomic E-state index is 13.0. The van der Waals surface area contributed by atoms with Crippen molar-refractivity contribution in [3.05, 3.63) is 48.3 Å². The quantitative estimate of drug-likeness (QED) is 0.802. The second kappa shape index (κ2) is 7.23. The first-order valence-electron chi connectivity index (χ1n) is 8.20. The van der Waals surface area contributed by atoms with E-state index in [1.165, 1.54) is 12.1 Å². The third-order valence-electron chi connectivity index (χ3n) is 4.65. The van der Waals surface area contributed by atoms with Crippen LogP contribution in [0.2, 0.25) is 0 Å². The summed E-state index contributed by atoms with van der Waals surface area (Å²) in [5.41, 5.74) is -0.548. The highest BCUT2D eigenvalue weighted by atomic mass is 19.1. The molecule has 1 atom stereocenters. The summed E-state index contributed by atoms with van der Waals surface area (Å²) >= 11 is 0. The molecule has 2 heterocycles. The number of likely N-dealkylation sites (tertiary alicyclic amines) is 1. The van der Waals surface area contributed by atoms with Gasteiger partial charge in [0, 0.05) is 26.0 Å². The molecule has 1 fully saturated rings. The topological polar surface area (TPSA) is 56.6 Å². The SMILES string of the molecule is COC1(COc2ccc(F)cc2)CCN(C(=O)Cn2ccnc2C)C1. The van der Waals surface area contributed by atoms with Gasteiger partial charge in [0.2, 0.25) is 5.91 Å². The lowest BCUT2D eigenvalue weighted by atomic mass is 10.0. The number of amides is 1. The van der Waals surface area contributed by atoms with E-state index < -0.39 is 5.60 Å². The normalized spacial score (nSPS) is 20.0. The monoisotopic (exact) mass is 347 g/mol. The minimum atomic E-state index is -0.548. The molecular formula is C18H22FN3O3. The Balaban J connectivity index is 1.59. The Morgan fingerprint density at radius 2 is 2.12 bits per heavy atom. The van der Waals surface area contributed by atoms with Crippen molar-refractivity contribution in [3.63, 3.8) is 0 Å². The molecule has 2 aromatic rings. The fourth-order valence-electron chi connectivity index (χ4n) is 2.96. The zero-order valence-electron chi connectivity index (χ0n) is 14.4. The number of nitrogens with zero attached hydrogens (tertiary/aromatic N) is 3. The predicted molar refractivity (Wildman–Crippen MR) is 89.8 cm³/mol. The summed E-state index contributed by atoms with van der Waals surface area (Å²) in [6, 6.07) is 5.87. The average molecular weight is 347 g/mol. The lowest BCUT2D eigenvalue weighted by Crippen LogP contribution is -2.43. The number of aryl methyl sites for hydroxylation is 1. The molecule has 1 unspecified atom stereocenters. The van der Waals surface area contributed by atoms with Crippen LogP contribution < -0.4 is 4.74 Å². The molecule has 3 rings (SSSR count). The number of methoxy groups -OCH3 is 1. The van der Waals surface area contributed by atoms with E-state index in [1.807, 2.05) is 11.5 Å². The zero-order valence-corrected chi connectivity index (χ0v) is 14.4. The highest BCUT2D eigenvalue weighted by Gasteiger charge is 2.41. The van der Waals surface area contributed by atoms with Crippen LogP contribution >= 0.6 is 0 Å². The third-order valence-corrected chi connectivity index (χ3v) is 4.65. The Hall–Kier alpha value is -2.41. The molecule has 1 aromatic carbocycles. The highest BCUT2D eigenvalue weighted by Crippen LogP contribution is 2.26. The van der Waals surface area contributed by atoms with E-state index in [-0.39, 0.29) is 18.3 Å². The molecule has 0 saturated carbocycles. The first kappa shape index (κ1) is 17.4. The van der Waals surface area contributed by atoms with Gasteiger partial charge in [-0.05, 0) is 37.6 Å². The summed E-state index contributed by atoms with van der Waals surface area (Å²) in [7, 11) is 1.63. The molecule has 0 N–H and O–H groups in total. The Labute approximate surface area is 146 Å². The molecule has 1 aliphatic rings. The van der Waals surface area contributed by atoms with Gasteiger partial charge in [-0.1, -0.05) is 0 Å². The van der Waals surface area contributed by atoms with E-state index in [2.05, 4.69) is 4.98 Å². The van der Waals surface area contributed by atoms with Gasteiger partial charge < -0.3 is 18.9 Å². The standard InChI is InChI=1S/C18H22FN3O3/c1-14-20-8-10-21(14)11-17(23)22-9-7-18(12-22,24-2)13-25-16-5-3-15(19)4-6-16/h3-6,8,10H,7,9,11-13H2,1-2H3. The second-order valence-corrected chi connectivity index (χ2v) is 6.30. The van der Waals surface area contributed by atoms with Crippen molar-refractivity contribution in [2.75, 3.05) is 26.8 Å². The number of imidazole rings is 1. The summed E-state index contributed by atoms with van der Waals surface area (Å²) in [5.74, 6) is 1.12. The van der Waals surface area contributed by atoms with Crippen LogP contribution in [0.1, 0.15) is 12.2 Å².